The van der Waals surface area contributed by atoms with Gasteiger partial charge in [-0.3, -0.25) is 9.69 Å². The van der Waals surface area contributed by atoms with Gasteiger partial charge in [0.25, 0.3) is 5.91 Å². The molecule has 2 N–H and O–H groups in total. The summed E-state index contributed by atoms with van der Waals surface area (Å²) in [7, 11) is 0. The molecule has 1 amide bonds. The minimum atomic E-state index is -0.105. The van der Waals surface area contributed by atoms with Crippen molar-refractivity contribution < 1.29 is 4.79 Å². The third kappa shape index (κ3) is 3.22. The van der Waals surface area contributed by atoms with E-state index in [9.17, 15) is 4.79 Å². The van der Waals surface area contributed by atoms with Crippen molar-refractivity contribution in [1.82, 2.24) is 0 Å². The number of carbonyl (C=O) groups is 1. The Balaban J connectivity index is 1.89. The molecule has 27 heavy (non-hydrogen) atoms. The molecule has 1 aliphatic rings. The van der Waals surface area contributed by atoms with E-state index in [0.717, 1.165) is 16.8 Å². The second kappa shape index (κ2) is 7.14. The van der Waals surface area contributed by atoms with Gasteiger partial charge >= 0.3 is 0 Å². The van der Waals surface area contributed by atoms with Crippen molar-refractivity contribution in [3.63, 3.8) is 0 Å². The zero-order valence-corrected chi connectivity index (χ0v) is 16.2. The molecular weight excluding hydrogens is 376 g/mol. The maximum absolute atomic E-state index is 13.1. The van der Waals surface area contributed by atoms with Gasteiger partial charge in [0.2, 0.25) is 0 Å². The summed E-state index contributed by atoms with van der Waals surface area (Å²) < 4.78 is 0. The zero-order chi connectivity index (χ0) is 19.0. The predicted molar refractivity (Wildman–Crippen MR) is 115 cm³/mol. The Hall–Kier alpha value is -2.69. The normalized spacial score (nSPS) is 14.7. The Kier molecular flexibility index (Phi) is 4.68. The van der Waals surface area contributed by atoms with Crippen LogP contribution in [-0.4, -0.2) is 12.2 Å². The van der Waals surface area contributed by atoms with E-state index in [4.69, 9.17) is 17.3 Å². The second-order valence-electron chi connectivity index (χ2n) is 6.19. The quantitative estimate of drug-likeness (QED) is 0.452. The summed E-state index contributed by atoms with van der Waals surface area (Å²) in [4.78, 5) is 16.0. The van der Waals surface area contributed by atoms with Crippen molar-refractivity contribution in [2.75, 3.05) is 16.9 Å². The van der Waals surface area contributed by atoms with E-state index in [-0.39, 0.29) is 5.91 Å². The number of amides is 1. The molecule has 1 aliphatic heterocycles. The monoisotopic (exact) mass is 392 g/mol. The molecule has 0 atom stereocenters. The van der Waals surface area contributed by atoms with Crippen LogP contribution in [0.1, 0.15) is 21.5 Å². The number of hydrogen-bond acceptors (Lipinski definition) is 3. The van der Waals surface area contributed by atoms with Crippen LogP contribution in [0.15, 0.2) is 71.6 Å². The van der Waals surface area contributed by atoms with Gasteiger partial charge in [-0.1, -0.05) is 41.9 Å². The number of nitrogen functional groups attached to an aromatic ring is 1. The molecule has 0 radical (unpaired) electrons. The summed E-state index contributed by atoms with van der Waals surface area (Å²) >= 11 is 7.87. The Bertz CT molecular complexity index is 1060. The van der Waals surface area contributed by atoms with Crippen LogP contribution in [0, 0.1) is 0 Å². The Morgan fingerprint density at radius 1 is 1.00 bits per heavy atom. The van der Waals surface area contributed by atoms with Gasteiger partial charge in [0.15, 0.2) is 0 Å². The number of rotatable bonds is 3. The Labute approximate surface area is 167 Å². The van der Waals surface area contributed by atoms with Gasteiger partial charge < -0.3 is 5.73 Å². The van der Waals surface area contributed by atoms with Gasteiger partial charge in [-0.25, -0.2) is 0 Å². The van der Waals surface area contributed by atoms with E-state index in [1.807, 2.05) is 48.7 Å². The fourth-order valence-corrected chi connectivity index (χ4v) is 3.77. The standard InChI is InChI=1S/C22H17ClN2OS/c1-27-16-9-6-14(7-10-16)12-20-17-4-2-3-5-18(17)22(26)25(20)21-13-15(23)8-11-19(21)24/h2-13H,24H2,1H3. The SMILES string of the molecule is CSc1ccc(C=C2c3ccccc3C(=O)N2c2cc(Cl)ccc2N)cc1. The third-order valence-corrected chi connectivity index (χ3v) is 5.51. The molecule has 0 spiro atoms. The van der Waals surface area contributed by atoms with Gasteiger partial charge in [0.05, 0.1) is 17.1 Å². The molecule has 5 heteroatoms. The molecule has 0 bridgehead atoms. The van der Waals surface area contributed by atoms with Crippen LogP contribution < -0.4 is 10.6 Å². The van der Waals surface area contributed by atoms with Crippen LogP contribution in [0.3, 0.4) is 0 Å². The van der Waals surface area contributed by atoms with Crippen molar-refractivity contribution in [1.29, 1.82) is 0 Å². The van der Waals surface area contributed by atoms with Gasteiger partial charge in [-0.2, -0.15) is 0 Å². The molecule has 0 saturated carbocycles. The number of halogens is 1. The fraction of sp³-hybridized carbons (Fsp3) is 0.0455. The van der Waals surface area contributed by atoms with Crippen LogP contribution in [0.2, 0.25) is 5.02 Å². The lowest BCUT2D eigenvalue weighted by Crippen LogP contribution is -2.23. The lowest BCUT2D eigenvalue weighted by molar-refractivity contribution is 0.101. The van der Waals surface area contributed by atoms with E-state index in [1.165, 1.54) is 4.90 Å². The highest BCUT2D eigenvalue weighted by Crippen LogP contribution is 2.41. The van der Waals surface area contributed by atoms with Crippen LogP contribution in [0.5, 0.6) is 0 Å². The number of nitrogens with zero attached hydrogens (tertiary/aromatic N) is 1. The first-order valence-corrected chi connectivity index (χ1v) is 10.0. The lowest BCUT2D eigenvalue weighted by atomic mass is 10.1. The molecule has 0 saturated heterocycles. The number of anilines is 2. The average Bonchev–Trinajstić information content (AvgIpc) is 2.96. The van der Waals surface area contributed by atoms with E-state index in [0.29, 0.717) is 22.0 Å². The summed E-state index contributed by atoms with van der Waals surface area (Å²) in [6, 6.07) is 21.0. The lowest BCUT2D eigenvalue weighted by Gasteiger charge is -2.21. The molecular formula is C22H17ClN2OS. The van der Waals surface area contributed by atoms with Crippen molar-refractivity contribution in [2.24, 2.45) is 0 Å². The number of fused-ring (bicyclic) bond motifs is 1. The third-order valence-electron chi connectivity index (χ3n) is 4.53. The van der Waals surface area contributed by atoms with Crippen LogP contribution >= 0.6 is 23.4 Å². The van der Waals surface area contributed by atoms with Crippen LogP contribution in [0.25, 0.3) is 11.8 Å². The van der Waals surface area contributed by atoms with Gasteiger partial charge in [-0.05, 0) is 54.3 Å². The minimum absolute atomic E-state index is 0.105. The first kappa shape index (κ1) is 17.7. The maximum atomic E-state index is 13.1. The summed E-state index contributed by atoms with van der Waals surface area (Å²) in [5, 5.41) is 0.534. The summed E-state index contributed by atoms with van der Waals surface area (Å²) in [5.74, 6) is -0.105. The molecule has 1 heterocycles. The number of hydrogen-bond donors (Lipinski definition) is 1. The maximum Gasteiger partial charge on any atom is 0.263 e. The first-order valence-electron chi connectivity index (χ1n) is 8.43. The molecule has 0 aliphatic carbocycles. The average molecular weight is 393 g/mol. The summed E-state index contributed by atoms with van der Waals surface area (Å²) in [6.07, 6.45) is 4.05. The molecule has 3 nitrogen and oxygen atoms in total. The van der Waals surface area contributed by atoms with E-state index in [2.05, 4.69) is 12.1 Å². The largest absolute Gasteiger partial charge is 0.397 e. The van der Waals surface area contributed by atoms with E-state index < -0.39 is 0 Å². The smallest absolute Gasteiger partial charge is 0.263 e. The van der Waals surface area contributed by atoms with Crippen molar-refractivity contribution in [3.8, 4) is 0 Å². The molecule has 4 rings (SSSR count). The van der Waals surface area contributed by atoms with Crippen molar-refractivity contribution >= 4 is 52.4 Å². The van der Waals surface area contributed by atoms with Crippen molar-refractivity contribution in [3.05, 3.63) is 88.4 Å². The van der Waals surface area contributed by atoms with Gasteiger partial charge in [0, 0.05) is 21.0 Å². The van der Waals surface area contributed by atoms with Crippen molar-refractivity contribution in [2.45, 2.75) is 4.90 Å². The van der Waals surface area contributed by atoms with E-state index in [1.54, 1.807) is 34.9 Å². The van der Waals surface area contributed by atoms with Gasteiger partial charge in [-0.15, -0.1) is 11.8 Å². The highest BCUT2D eigenvalue weighted by molar-refractivity contribution is 7.98. The van der Waals surface area contributed by atoms with E-state index >= 15 is 0 Å². The van der Waals surface area contributed by atoms with Crippen LogP contribution in [0.4, 0.5) is 11.4 Å². The Morgan fingerprint density at radius 2 is 1.70 bits per heavy atom. The summed E-state index contributed by atoms with van der Waals surface area (Å²) in [5.41, 5.74) is 10.6. The second-order valence-corrected chi connectivity index (χ2v) is 7.51. The molecule has 0 fully saturated rings. The molecule has 0 aromatic heterocycles. The zero-order valence-electron chi connectivity index (χ0n) is 14.6. The Morgan fingerprint density at radius 3 is 2.41 bits per heavy atom. The minimum Gasteiger partial charge on any atom is -0.397 e. The highest BCUT2D eigenvalue weighted by atomic mass is 35.5. The molecule has 134 valence electrons. The highest BCUT2D eigenvalue weighted by Gasteiger charge is 2.34. The molecule has 3 aromatic carbocycles. The molecule has 0 unspecified atom stereocenters. The number of thioether (sulfide) groups is 1. The number of carbonyl (C=O) groups excluding carboxylic acids is 1. The molecule has 3 aromatic rings. The predicted octanol–water partition coefficient (Wildman–Crippen LogP) is 5.80. The summed E-state index contributed by atoms with van der Waals surface area (Å²) in [6.45, 7) is 0. The number of benzene rings is 3. The fourth-order valence-electron chi connectivity index (χ4n) is 3.19. The first-order chi connectivity index (χ1) is 13.1. The number of nitrogens with two attached hydrogens (primary N) is 1. The van der Waals surface area contributed by atoms with Gasteiger partial charge in [0.1, 0.15) is 0 Å². The topological polar surface area (TPSA) is 46.3 Å². The van der Waals surface area contributed by atoms with Crippen LogP contribution in [-0.2, 0) is 0 Å².